The van der Waals surface area contributed by atoms with Crippen LogP contribution in [-0.4, -0.2) is 49.7 Å². The van der Waals surface area contributed by atoms with Gasteiger partial charge in [-0.15, -0.1) is 0 Å². The predicted molar refractivity (Wildman–Crippen MR) is 82.6 cm³/mol. The Morgan fingerprint density at radius 3 is 2.81 bits per heavy atom. The van der Waals surface area contributed by atoms with Crippen molar-refractivity contribution in [2.45, 2.75) is 6.92 Å². The summed E-state index contributed by atoms with van der Waals surface area (Å²) in [4.78, 5) is 15.2. The lowest BCUT2D eigenvalue weighted by atomic mass is 10.2. The molecule has 0 amide bonds. The summed E-state index contributed by atoms with van der Waals surface area (Å²) in [5.41, 5.74) is 1.92. The number of fused-ring (bicyclic) bond motifs is 1. The van der Waals surface area contributed by atoms with E-state index < -0.39 is 0 Å². The van der Waals surface area contributed by atoms with E-state index in [0.29, 0.717) is 18.0 Å². The summed E-state index contributed by atoms with van der Waals surface area (Å²) in [6.07, 6.45) is 1.77. The van der Waals surface area contributed by atoms with Gasteiger partial charge in [0.15, 0.2) is 11.4 Å². The number of methoxy groups -OCH3 is 1. The topological polar surface area (TPSA) is 66.4 Å². The number of rotatable bonds is 5. The molecule has 1 aromatic carbocycles. The standard InChI is InChI=1S/C15H19N3O3/c1-5-21-15(19)14-13(16-9-18(2)3)11-8-10(20-4)6-7-12(11)17-14/h6-9H,5H2,1-4H3,(H,17,19)/p+1. The third kappa shape index (κ3) is 3.16. The van der Waals surface area contributed by atoms with Crippen molar-refractivity contribution in [1.29, 1.82) is 0 Å². The van der Waals surface area contributed by atoms with E-state index in [1.807, 2.05) is 36.9 Å². The molecule has 0 saturated heterocycles. The Labute approximate surface area is 123 Å². The summed E-state index contributed by atoms with van der Waals surface area (Å²) in [5.74, 6) is 0.340. The average Bonchev–Trinajstić information content (AvgIpc) is 2.83. The molecule has 0 saturated carbocycles. The van der Waals surface area contributed by atoms with Crippen molar-refractivity contribution in [3.05, 3.63) is 23.9 Å². The van der Waals surface area contributed by atoms with Gasteiger partial charge in [0, 0.05) is 0 Å². The number of aromatic amines is 1. The lowest BCUT2D eigenvalue weighted by Crippen LogP contribution is -2.12. The number of carbonyl (C=O) groups excluding carboxylic acids is 1. The maximum absolute atomic E-state index is 12.1. The van der Waals surface area contributed by atoms with Crippen molar-refractivity contribution in [1.82, 2.24) is 4.98 Å². The van der Waals surface area contributed by atoms with E-state index in [9.17, 15) is 4.79 Å². The van der Waals surface area contributed by atoms with Crippen LogP contribution in [0.2, 0.25) is 0 Å². The predicted octanol–water partition coefficient (Wildman–Crippen LogP) is 2.07. The van der Waals surface area contributed by atoms with Crippen molar-refractivity contribution < 1.29 is 18.8 Å². The van der Waals surface area contributed by atoms with E-state index in [2.05, 4.69) is 10.3 Å². The molecule has 2 aromatic rings. The van der Waals surface area contributed by atoms with Crippen LogP contribution in [0, 0.1) is 0 Å². The third-order valence-electron chi connectivity index (χ3n) is 2.95. The van der Waals surface area contributed by atoms with Crippen LogP contribution in [0.15, 0.2) is 18.2 Å². The zero-order valence-corrected chi connectivity index (χ0v) is 12.7. The highest BCUT2D eigenvalue weighted by Gasteiger charge is 2.22. The Kier molecular flexibility index (Phi) is 4.47. The molecule has 0 bridgehead atoms. The number of carbonyl (C=O) groups is 1. The van der Waals surface area contributed by atoms with Crippen molar-refractivity contribution in [3.63, 3.8) is 0 Å². The third-order valence-corrected chi connectivity index (χ3v) is 2.95. The zero-order chi connectivity index (χ0) is 15.4. The van der Waals surface area contributed by atoms with Gasteiger partial charge in [-0.3, -0.25) is 4.58 Å². The van der Waals surface area contributed by atoms with Gasteiger partial charge < -0.3 is 14.5 Å². The first-order valence-electron chi connectivity index (χ1n) is 6.70. The SMILES string of the molecule is CCOC(=O)c1[nH]c2ccc(OC)cc2c1NC=[N+](C)C. The number of nitrogens with zero attached hydrogens (tertiary/aromatic N) is 1. The molecule has 21 heavy (non-hydrogen) atoms. The van der Waals surface area contributed by atoms with Gasteiger partial charge in [0.05, 0.1) is 38.7 Å². The molecule has 1 aromatic heterocycles. The van der Waals surface area contributed by atoms with Gasteiger partial charge in [0.1, 0.15) is 5.75 Å². The van der Waals surface area contributed by atoms with E-state index >= 15 is 0 Å². The first-order valence-corrected chi connectivity index (χ1v) is 6.70. The first kappa shape index (κ1) is 14.9. The quantitative estimate of drug-likeness (QED) is 0.383. The van der Waals surface area contributed by atoms with E-state index in [-0.39, 0.29) is 5.97 Å². The summed E-state index contributed by atoms with van der Waals surface area (Å²) < 4.78 is 12.2. The van der Waals surface area contributed by atoms with Crippen LogP contribution in [0.25, 0.3) is 10.9 Å². The molecule has 0 aliphatic heterocycles. The van der Waals surface area contributed by atoms with Crippen LogP contribution >= 0.6 is 0 Å². The van der Waals surface area contributed by atoms with Gasteiger partial charge in [-0.05, 0) is 25.1 Å². The number of esters is 1. The normalized spacial score (nSPS) is 10.3. The van der Waals surface area contributed by atoms with Crippen LogP contribution in [0.4, 0.5) is 5.69 Å². The monoisotopic (exact) mass is 290 g/mol. The molecule has 0 atom stereocenters. The van der Waals surface area contributed by atoms with Crippen molar-refractivity contribution in [3.8, 4) is 5.75 Å². The minimum absolute atomic E-state index is 0.328. The Balaban J connectivity index is 2.57. The minimum atomic E-state index is -0.387. The fraction of sp³-hybridized carbons (Fsp3) is 0.333. The summed E-state index contributed by atoms with van der Waals surface area (Å²) in [6, 6.07) is 5.59. The van der Waals surface area contributed by atoms with Gasteiger partial charge in [-0.25, -0.2) is 10.1 Å². The zero-order valence-electron chi connectivity index (χ0n) is 12.7. The second-order valence-corrected chi connectivity index (χ2v) is 4.74. The second-order valence-electron chi connectivity index (χ2n) is 4.74. The summed E-state index contributed by atoms with van der Waals surface area (Å²) in [5, 5.41) is 4.01. The molecule has 1 heterocycles. The molecule has 0 fully saturated rings. The van der Waals surface area contributed by atoms with E-state index in [1.165, 1.54) is 0 Å². The lowest BCUT2D eigenvalue weighted by Gasteiger charge is -2.01. The highest BCUT2D eigenvalue weighted by Crippen LogP contribution is 2.31. The van der Waals surface area contributed by atoms with Crippen LogP contribution in [-0.2, 0) is 4.74 Å². The number of H-pyrrole nitrogens is 1. The Morgan fingerprint density at radius 2 is 2.19 bits per heavy atom. The van der Waals surface area contributed by atoms with Crippen molar-refractivity contribution in [2.24, 2.45) is 0 Å². The summed E-state index contributed by atoms with van der Waals surface area (Å²) in [6.45, 7) is 2.11. The Hall–Kier alpha value is -2.50. The van der Waals surface area contributed by atoms with Gasteiger partial charge in [-0.1, -0.05) is 0 Å². The van der Waals surface area contributed by atoms with Crippen molar-refractivity contribution >= 4 is 28.9 Å². The van der Waals surface area contributed by atoms with Gasteiger partial charge >= 0.3 is 5.97 Å². The number of hydrogen-bond acceptors (Lipinski definition) is 3. The molecule has 0 unspecified atom stereocenters. The maximum atomic E-state index is 12.1. The lowest BCUT2D eigenvalue weighted by molar-refractivity contribution is -0.459. The summed E-state index contributed by atoms with van der Waals surface area (Å²) in [7, 11) is 5.40. The van der Waals surface area contributed by atoms with Gasteiger partial charge in [0.2, 0.25) is 6.34 Å². The average molecular weight is 290 g/mol. The summed E-state index contributed by atoms with van der Waals surface area (Å²) >= 11 is 0. The van der Waals surface area contributed by atoms with E-state index in [0.717, 1.165) is 16.7 Å². The van der Waals surface area contributed by atoms with Crippen molar-refractivity contribution in [2.75, 3.05) is 33.1 Å². The molecule has 2 rings (SSSR count). The van der Waals surface area contributed by atoms with Gasteiger partial charge in [-0.2, -0.15) is 0 Å². The molecular formula is C15H20N3O3+. The van der Waals surface area contributed by atoms with Gasteiger partial charge in [0.25, 0.3) is 0 Å². The molecule has 0 aliphatic rings. The molecule has 112 valence electrons. The van der Waals surface area contributed by atoms with Crippen LogP contribution < -0.4 is 10.1 Å². The number of aromatic nitrogens is 1. The fourth-order valence-corrected chi connectivity index (χ4v) is 2.00. The van der Waals surface area contributed by atoms with E-state index in [1.54, 1.807) is 20.4 Å². The molecule has 0 radical (unpaired) electrons. The molecular weight excluding hydrogens is 270 g/mol. The fourth-order valence-electron chi connectivity index (χ4n) is 2.00. The van der Waals surface area contributed by atoms with Crippen LogP contribution in [0.1, 0.15) is 17.4 Å². The number of nitrogens with one attached hydrogen (secondary N) is 2. The highest BCUT2D eigenvalue weighted by molar-refractivity contribution is 6.08. The molecule has 2 N–H and O–H groups in total. The number of hydrogen-bond donors (Lipinski definition) is 2. The number of anilines is 1. The smallest absolute Gasteiger partial charge is 0.359 e. The molecule has 6 nitrogen and oxygen atoms in total. The second kappa shape index (κ2) is 6.30. The molecule has 6 heteroatoms. The maximum Gasteiger partial charge on any atom is 0.359 e. The largest absolute Gasteiger partial charge is 0.497 e. The highest BCUT2D eigenvalue weighted by atomic mass is 16.5. The number of ether oxygens (including phenoxy) is 2. The first-order chi connectivity index (χ1) is 10.1. The van der Waals surface area contributed by atoms with Crippen LogP contribution in [0.5, 0.6) is 5.75 Å². The number of benzene rings is 1. The minimum Gasteiger partial charge on any atom is -0.497 e. The molecule has 0 spiro atoms. The Bertz CT molecular complexity index is 685. The Morgan fingerprint density at radius 1 is 1.43 bits per heavy atom. The van der Waals surface area contributed by atoms with E-state index in [4.69, 9.17) is 9.47 Å². The van der Waals surface area contributed by atoms with Crippen LogP contribution in [0.3, 0.4) is 0 Å². The molecule has 0 aliphatic carbocycles.